The van der Waals surface area contributed by atoms with E-state index in [0.717, 1.165) is 17.7 Å². The molecule has 1 aliphatic rings. The number of ether oxygens (including phenoxy) is 2. The van der Waals surface area contributed by atoms with Gasteiger partial charge in [0.05, 0.1) is 6.61 Å². The lowest BCUT2D eigenvalue weighted by Gasteiger charge is -2.22. The molecule has 0 spiro atoms. The van der Waals surface area contributed by atoms with E-state index in [9.17, 15) is 4.79 Å². The monoisotopic (exact) mass is 263 g/mol. The van der Waals surface area contributed by atoms with E-state index >= 15 is 0 Å². The van der Waals surface area contributed by atoms with Gasteiger partial charge in [-0.15, -0.1) is 0 Å². The SMILES string of the molecule is CCOc1ccccc1CN(C)C1CC(C)OC1=O. The second-order valence-electron chi connectivity index (χ2n) is 4.95. The van der Waals surface area contributed by atoms with Crippen molar-refractivity contribution in [2.45, 2.75) is 39.0 Å². The zero-order chi connectivity index (χ0) is 13.8. The highest BCUT2D eigenvalue weighted by Crippen LogP contribution is 2.24. The molecule has 0 radical (unpaired) electrons. The smallest absolute Gasteiger partial charge is 0.323 e. The van der Waals surface area contributed by atoms with Crippen LogP contribution in [0.1, 0.15) is 25.8 Å². The van der Waals surface area contributed by atoms with Gasteiger partial charge in [-0.05, 0) is 27.0 Å². The van der Waals surface area contributed by atoms with Crippen LogP contribution in [0.3, 0.4) is 0 Å². The molecule has 1 aromatic rings. The van der Waals surface area contributed by atoms with Crippen molar-refractivity contribution < 1.29 is 14.3 Å². The summed E-state index contributed by atoms with van der Waals surface area (Å²) in [6, 6.07) is 7.79. The highest BCUT2D eigenvalue weighted by atomic mass is 16.6. The molecule has 1 aliphatic heterocycles. The van der Waals surface area contributed by atoms with Gasteiger partial charge in [-0.1, -0.05) is 18.2 Å². The van der Waals surface area contributed by atoms with E-state index in [2.05, 4.69) is 0 Å². The average molecular weight is 263 g/mol. The molecule has 104 valence electrons. The maximum atomic E-state index is 11.7. The topological polar surface area (TPSA) is 38.8 Å². The summed E-state index contributed by atoms with van der Waals surface area (Å²) in [6.07, 6.45) is 0.772. The number of esters is 1. The molecule has 2 atom stereocenters. The lowest BCUT2D eigenvalue weighted by atomic mass is 10.1. The molecule has 0 saturated carbocycles. The van der Waals surface area contributed by atoms with Crippen molar-refractivity contribution in [3.63, 3.8) is 0 Å². The van der Waals surface area contributed by atoms with Gasteiger partial charge in [-0.3, -0.25) is 9.69 Å². The van der Waals surface area contributed by atoms with Crippen molar-refractivity contribution in [2.75, 3.05) is 13.7 Å². The summed E-state index contributed by atoms with van der Waals surface area (Å²) in [5.74, 6) is 0.764. The van der Waals surface area contributed by atoms with Crippen LogP contribution in [0.5, 0.6) is 5.75 Å². The number of carbonyl (C=O) groups is 1. The number of carbonyl (C=O) groups excluding carboxylic acids is 1. The maximum absolute atomic E-state index is 11.7. The summed E-state index contributed by atoms with van der Waals surface area (Å²) in [5.41, 5.74) is 1.10. The number of hydrogen-bond acceptors (Lipinski definition) is 4. The minimum absolute atomic E-state index is 0.0158. The van der Waals surface area contributed by atoms with Gasteiger partial charge in [0.1, 0.15) is 17.9 Å². The predicted molar refractivity (Wildman–Crippen MR) is 73.0 cm³/mol. The molecule has 0 amide bonds. The minimum atomic E-state index is -0.148. The molecule has 0 bridgehead atoms. The van der Waals surface area contributed by atoms with E-state index in [1.54, 1.807) is 0 Å². The van der Waals surface area contributed by atoms with Gasteiger partial charge in [0.15, 0.2) is 0 Å². The van der Waals surface area contributed by atoms with Gasteiger partial charge in [-0.25, -0.2) is 0 Å². The van der Waals surface area contributed by atoms with Crippen molar-refractivity contribution in [2.24, 2.45) is 0 Å². The summed E-state index contributed by atoms with van der Waals surface area (Å²) in [7, 11) is 1.95. The van der Waals surface area contributed by atoms with E-state index in [0.29, 0.717) is 13.2 Å². The Morgan fingerprint density at radius 1 is 1.42 bits per heavy atom. The van der Waals surface area contributed by atoms with Crippen LogP contribution < -0.4 is 4.74 Å². The molecule has 0 aliphatic carbocycles. The van der Waals surface area contributed by atoms with Crippen molar-refractivity contribution in [3.8, 4) is 5.75 Å². The summed E-state index contributed by atoms with van der Waals surface area (Å²) >= 11 is 0. The molecule has 2 unspecified atom stereocenters. The zero-order valence-electron chi connectivity index (χ0n) is 11.8. The maximum Gasteiger partial charge on any atom is 0.323 e. The lowest BCUT2D eigenvalue weighted by Crippen LogP contribution is -2.34. The number of hydrogen-bond donors (Lipinski definition) is 0. The van der Waals surface area contributed by atoms with E-state index in [1.807, 2.05) is 50.1 Å². The third-order valence-corrected chi connectivity index (χ3v) is 3.37. The number of cyclic esters (lactones) is 1. The number of likely N-dealkylation sites (N-methyl/N-ethyl adjacent to an activating group) is 1. The number of para-hydroxylation sites is 1. The van der Waals surface area contributed by atoms with E-state index in [-0.39, 0.29) is 18.1 Å². The van der Waals surface area contributed by atoms with Crippen LogP contribution in [0.4, 0.5) is 0 Å². The fraction of sp³-hybridized carbons (Fsp3) is 0.533. The Labute approximate surface area is 114 Å². The van der Waals surface area contributed by atoms with Gasteiger partial charge >= 0.3 is 5.97 Å². The Hall–Kier alpha value is -1.55. The van der Waals surface area contributed by atoms with Crippen molar-refractivity contribution in [1.29, 1.82) is 0 Å². The Morgan fingerprint density at radius 3 is 2.79 bits per heavy atom. The molecule has 19 heavy (non-hydrogen) atoms. The first kappa shape index (κ1) is 13.9. The fourth-order valence-corrected chi connectivity index (χ4v) is 2.41. The normalized spacial score (nSPS) is 22.6. The molecule has 1 fully saturated rings. The van der Waals surface area contributed by atoms with Crippen molar-refractivity contribution in [1.82, 2.24) is 4.90 Å². The van der Waals surface area contributed by atoms with E-state index in [4.69, 9.17) is 9.47 Å². The first-order chi connectivity index (χ1) is 9.11. The Balaban J connectivity index is 2.06. The Kier molecular flexibility index (Phi) is 4.43. The van der Waals surface area contributed by atoms with Crippen LogP contribution in [0.25, 0.3) is 0 Å². The van der Waals surface area contributed by atoms with Crippen LogP contribution in [0, 0.1) is 0 Å². The molecule has 0 N–H and O–H groups in total. The fourth-order valence-electron chi connectivity index (χ4n) is 2.41. The second-order valence-corrected chi connectivity index (χ2v) is 4.95. The molecule has 1 saturated heterocycles. The largest absolute Gasteiger partial charge is 0.494 e. The highest BCUT2D eigenvalue weighted by molar-refractivity contribution is 5.77. The van der Waals surface area contributed by atoms with E-state index < -0.39 is 0 Å². The van der Waals surface area contributed by atoms with Crippen LogP contribution >= 0.6 is 0 Å². The third kappa shape index (κ3) is 3.26. The summed E-state index contributed by atoms with van der Waals surface area (Å²) < 4.78 is 10.8. The van der Waals surface area contributed by atoms with Crippen LogP contribution in [-0.4, -0.2) is 36.7 Å². The molecule has 1 heterocycles. The van der Waals surface area contributed by atoms with Crippen LogP contribution in [0.15, 0.2) is 24.3 Å². The number of nitrogens with zero attached hydrogens (tertiary/aromatic N) is 1. The third-order valence-electron chi connectivity index (χ3n) is 3.37. The average Bonchev–Trinajstić information content (AvgIpc) is 2.71. The molecule has 2 rings (SSSR count). The molecule has 1 aromatic carbocycles. The molecular formula is C15H21NO3. The lowest BCUT2D eigenvalue weighted by molar-refractivity contribution is -0.144. The second kappa shape index (κ2) is 6.06. The summed E-state index contributed by atoms with van der Waals surface area (Å²) in [4.78, 5) is 13.8. The van der Waals surface area contributed by atoms with Crippen molar-refractivity contribution >= 4 is 5.97 Å². The first-order valence-corrected chi connectivity index (χ1v) is 6.73. The molecular weight excluding hydrogens is 242 g/mol. The number of benzene rings is 1. The van der Waals surface area contributed by atoms with E-state index in [1.165, 1.54) is 0 Å². The van der Waals surface area contributed by atoms with Gasteiger partial charge in [-0.2, -0.15) is 0 Å². The Bertz CT molecular complexity index is 447. The standard InChI is InChI=1S/C15H21NO3/c1-4-18-14-8-6-5-7-12(14)10-16(3)13-9-11(2)19-15(13)17/h5-8,11,13H,4,9-10H2,1-3H3. The highest BCUT2D eigenvalue weighted by Gasteiger charge is 2.34. The quantitative estimate of drug-likeness (QED) is 0.764. The predicted octanol–water partition coefficient (Wildman–Crippen LogP) is 2.22. The van der Waals surface area contributed by atoms with Gasteiger partial charge in [0, 0.05) is 18.5 Å². The zero-order valence-corrected chi connectivity index (χ0v) is 11.8. The van der Waals surface area contributed by atoms with Gasteiger partial charge in [0.2, 0.25) is 0 Å². The van der Waals surface area contributed by atoms with Crippen LogP contribution in [0.2, 0.25) is 0 Å². The number of rotatable bonds is 5. The van der Waals surface area contributed by atoms with Crippen LogP contribution in [-0.2, 0) is 16.1 Å². The molecule has 0 aromatic heterocycles. The van der Waals surface area contributed by atoms with Crippen molar-refractivity contribution in [3.05, 3.63) is 29.8 Å². The molecule has 4 nitrogen and oxygen atoms in total. The van der Waals surface area contributed by atoms with Gasteiger partial charge < -0.3 is 9.47 Å². The molecule has 4 heteroatoms. The minimum Gasteiger partial charge on any atom is -0.494 e. The van der Waals surface area contributed by atoms with Gasteiger partial charge in [0.25, 0.3) is 0 Å². The Morgan fingerprint density at radius 2 is 2.16 bits per heavy atom. The summed E-state index contributed by atoms with van der Waals surface area (Å²) in [6.45, 7) is 5.22. The first-order valence-electron chi connectivity index (χ1n) is 6.73. The summed E-state index contributed by atoms with van der Waals surface area (Å²) in [5, 5.41) is 0.